The van der Waals surface area contributed by atoms with Crippen molar-refractivity contribution in [2.45, 2.75) is 26.7 Å². The van der Waals surface area contributed by atoms with Crippen molar-refractivity contribution in [2.24, 2.45) is 11.3 Å². The number of amides is 1. The number of aliphatic carboxylic acids is 1. The van der Waals surface area contributed by atoms with Crippen LogP contribution in [0.15, 0.2) is 24.3 Å². The molecule has 21 heavy (non-hydrogen) atoms. The first-order valence-electron chi connectivity index (χ1n) is 7.16. The fourth-order valence-corrected chi connectivity index (χ4v) is 2.35. The third-order valence-electron chi connectivity index (χ3n) is 4.18. The molecule has 5 heteroatoms. The SMILES string of the molecule is CC(C)C1(CNC(=O)c2cccc(OCC(=O)O)c2)CC1. The summed E-state index contributed by atoms with van der Waals surface area (Å²) in [7, 11) is 0. The lowest BCUT2D eigenvalue weighted by molar-refractivity contribution is -0.139. The molecule has 0 bridgehead atoms. The molecular weight excluding hydrogens is 270 g/mol. The molecule has 0 saturated heterocycles. The molecule has 1 fully saturated rings. The van der Waals surface area contributed by atoms with Gasteiger partial charge >= 0.3 is 5.97 Å². The van der Waals surface area contributed by atoms with Crippen LogP contribution in [0.1, 0.15) is 37.0 Å². The fourth-order valence-electron chi connectivity index (χ4n) is 2.35. The topological polar surface area (TPSA) is 75.6 Å². The number of carboxylic acid groups (broad SMARTS) is 1. The number of carbonyl (C=O) groups is 2. The van der Waals surface area contributed by atoms with E-state index < -0.39 is 12.6 Å². The van der Waals surface area contributed by atoms with E-state index in [4.69, 9.17) is 9.84 Å². The lowest BCUT2D eigenvalue weighted by Gasteiger charge is -2.20. The van der Waals surface area contributed by atoms with Gasteiger partial charge in [-0.25, -0.2) is 4.79 Å². The average Bonchev–Trinajstić information content (AvgIpc) is 3.24. The van der Waals surface area contributed by atoms with Crippen molar-refractivity contribution in [3.05, 3.63) is 29.8 Å². The summed E-state index contributed by atoms with van der Waals surface area (Å²) in [6.45, 7) is 4.63. The van der Waals surface area contributed by atoms with Gasteiger partial charge in [0.2, 0.25) is 0 Å². The first-order valence-corrected chi connectivity index (χ1v) is 7.16. The number of carboxylic acids is 1. The Morgan fingerprint density at radius 2 is 2.10 bits per heavy atom. The van der Waals surface area contributed by atoms with Crippen LogP contribution in [-0.4, -0.2) is 30.1 Å². The summed E-state index contributed by atoms with van der Waals surface area (Å²) in [5.74, 6) is -0.252. The van der Waals surface area contributed by atoms with Crippen LogP contribution in [0.25, 0.3) is 0 Å². The third-order valence-corrected chi connectivity index (χ3v) is 4.18. The Bertz CT molecular complexity index is 535. The summed E-state index contributed by atoms with van der Waals surface area (Å²) in [5, 5.41) is 11.5. The summed E-state index contributed by atoms with van der Waals surface area (Å²) < 4.78 is 5.07. The number of rotatable bonds is 7. The number of ether oxygens (including phenoxy) is 1. The summed E-state index contributed by atoms with van der Waals surface area (Å²) >= 11 is 0. The van der Waals surface area contributed by atoms with Crippen LogP contribution in [-0.2, 0) is 4.79 Å². The lowest BCUT2D eigenvalue weighted by atomic mass is 9.92. The molecule has 2 N–H and O–H groups in total. The van der Waals surface area contributed by atoms with Crippen LogP contribution in [0.4, 0.5) is 0 Å². The molecule has 0 heterocycles. The van der Waals surface area contributed by atoms with Gasteiger partial charge in [0.1, 0.15) is 5.75 Å². The molecule has 0 unspecified atom stereocenters. The molecule has 0 radical (unpaired) electrons. The van der Waals surface area contributed by atoms with E-state index in [1.54, 1.807) is 24.3 Å². The van der Waals surface area contributed by atoms with Crippen molar-refractivity contribution < 1.29 is 19.4 Å². The summed E-state index contributed by atoms with van der Waals surface area (Å²) in [6.07, 6.45) is 2.32. The Labute approximate surface area is 124 Å². The van der Waals surface area contributed by atoms with Gasteiger partial charge < -0.3 is 15.2 Å². The monoisotopic (exact) mass is 291 g/mol. The van der Waals surface area contributed by atoms with Gasteiger partial charge in [0, 0.05) is 12.1 Å². The second-order valence-corrected chi connectivity index (χ2v) is 5.91. The van der Waals surface area contributed by atoms with Gasteiger partial charge in [-0.15, -0.1) is 0 Å². The molecule has 1 aromatic rings. The van der Waals surface area contributed by atoms with Crippen LogP contribution in [0, 0.1) is 11.3 Å². The van der Waals surface area contributed by atoms with Gasteiger partial charge in [0.15, 0.2) is 6.61 Å². The van der Waals surface area contributed by atoms with Crippen LogP contribution in [0.3, 0.4) is 0 Å². The highest BCUT2D eigenvalue weighted by Crippen LogP contribution is 2.51. The number of hydrogen-bond donors (Lipinski definition) is 2. The maximum absolute atomic E-state index is 12.1. The number of carbonyl (C=O) groups excluding carboxylic acids is 1. The van der Waals surface area contributed by atoms with Crippen LogP contribution >= 0.6 is 0 Å². The van der Waals surface area contributed by atoms with Gasteiger partial charge in [-0.05, 0) is 42.4 Å². The smallest absolute Gasteiger partial charge is 0.341 e. The second kappa shape index (κ2) is 6.16. The van der Waals surface area contributed by atoms with Crippen molar-refractivity contribution in [3.63, 3.8) is 0 Å². The molecule has 0 aliphatic heterocycles. The minimum Gasteiger partial charge on any atom is -0.482 e. The lowest BCUT2D eigenvalue weighted by Crippen LogP contribution is -2.32. The van der Waals surface area contributed by atoms with Crippen LogP contribution < -0.4 is 10.1 Å². The predicted octanol–water partition coefficient (Wildman–Crippen LogP) is 2.32. The highest BCUT2D eigenvalue weighted by atomic mass is 16.5. The zero-order valence-electron chi connectivity index (χ0n) is 12.4. The van der Waals surface area contributed by atoms with Gasteiger partial charge in [0.05, 0.1) is 0 Å². The normalized spacial score (nSPS) is 15.6. The Kier molecular flexibility index (Phi) is 4.50. The molecule has 1 aromatic carbocycles. The van der Waals surface area contributed by atoms with Gasteiger partial charge in [0.25, 0.3) is 5.91 Å². The van der Waals surface area contributed by atoms with E-state index in [0.29, 0.717) is 23.8 Å². The minimum atomic E-state index is -1.04. The maximum Gasteiger partial charge on any atom is 0.341 e. The van der Waals surface area contributed by atoms with Crippen molar-refractivity contribution in [1.29, 1.82) is 0 Å². The molecule has 0 aromatic heterocycles. The molecule has 1 aliphatic rings. The summed E-state index contributed by atoms with van der Waals surface area (Å²) in [5.41, 5.74) is 0.741. The summed E-state index contributed by atoms with van der Waals surface area (Å²) in [4.78, 5) is 22.6. The number of nitrogens with one attached hydrogen (secondary N) is 1. The van der Waals surface area contributed by atoms with E-state index in [0.717, 1.165) is 12.8 Å². The van der Waals surface area contributed by atoms with Crippen LogP contribution in [0.2, 0.25) is 0 Å². The van der Waals surface area contributed by atoms with E-state index in [2.05, 4.69) is 19.2 Å². The largest absolute Gasteiger partial charge is 0.482 e. The van der Waals surface area contributed by atoms with E-state index in [1.165, 1.54) is 0 Å². The maximum atomic E-state index is 12.1. The average molecular weight is 291 g/mol. The molecule has 2 rings (SSSR count). The van der Waals surface area contributed by atoms with Crippen molar-refractivity contribution in [2.75, 3.05) is 13.2 Å². The summed E-state index contributed by atoms with van der Waals surface area (Å²) in [6, 6.07) is 6.57. The Morgan fingerprint density at radius 1 is 1.38 bits per heavy atom. The second-order valence-electron chi connectivity index (χ2n) is 5.91. The zero-order valence-corrected chi connectivity index (χ0v) is 12.4. The Balaban J connectivity index is 1.93. The zero-order chi connectivity index (χ0) is 15.5. The molecule has 1 saturated carbocycles. The molecule has 5 nitrogen and oxygen atoms in total. The number of hydrogen-bond acceptors (Lipinski definition) is 3. The first-order chi connectivity index (χ1) is 9.93. The van der Waals surface area contributed by atoms with Crippen LogP contribution in [0.5, 0.6) is 5.75 Å². The van der Waals surface area contributed by atoms with Crippen molar-refractivity contribution >= 4 is 11.9 Å². The Morgan fingerprint density at radius 3 is 2.67 bits per heavy atom. The van der Waals surface area contributed by atoms with E-state index in [1.807, 2.05) is 0 Å². The quantitative estimate of drug-likeness (QED) is 0.808. The molecule has 1 amide bonds. The first kappa shape index (κ1) is 15.4. The van der Waals surface area contributed by atoms with Gasteiger partial charge in [-0.3, -0.25) is 4.79 Å². The standard InChI is InChI=1S/C16H21NO4/c1-11(2)16(6-7-16)10-17-15(20)12-4-3-5-13(8-12)21-9-14(18)19/h3-5,8,11H,6-7,9-10H2,1-2H3,(H,17,20)(H,18,19). The highest BCUT2D eigenvalue weighted by molar-refractivity contribution is 5.94. The van der Waals surface area contributed by atoms with E-state index >= 15 is 0 Å². The highest BCUT2D eigenvalue weighted by Gasteiger charge is 2.45. The molecule has 0 atom stereocenters. The molecule has 0 spiro atoms. The Hall–Kier alpha value is -2.04. The van der Waals surface area contributed by atoms with Crippen molar-refractivity contribution in [3.8, 4) is 5.75 Å². The van der Waals surface area contributed by atoms with Gasteiger partial charge in [-0.1, -0.05) is 19.9 Å². The fraction of sp³-hybridized carbons (Fsp3) is 0.500. The number of benzene rings is 1. The molecular formula is C16H21NO4. The predicted molar refractivity (Wildman–Crippen MR) is 78.4 cm³/mol. The molecule has 114 valence electrons. The van der Waals surface area contributed by atoms with Crippen molar-refractivity contribution in [1.82, 2.24) is 5.32 Å². The van der Waals surface area contributed by atoms with Gasteiger partial charge in [-0.2, -0.15) is 0 Å². The molecule has 1 aliphatic carbocycles. The minimum absolute atomic E-state index is 0.150. The van der Waals surface area contributed by atoms with E-state index in [9.17, 15) is 9.59 Å². The van der Waals surface area contributed by atoms with E-state index in [-0.39, 0.29) is 11.3 Å². The third kappa shape index (κ3) is 3.97.